The minimum Gasteiger partial charge on any atom is -0.0815 e. The van der Waals surface area contributed by atoms with Crippen LogP contribution in [0.25, 0.3) is 0 Å². The highest BCUT2D eigenvalue weighted by Crippen LogP contribution is 2.09. The van der Waals surface area contributed by atoms with Crippen molar-refractivity contribution in [2.75, 3.05) is 0 Å². The molecule has 0 rings (SSSR count). The molecule has 61 valence electrons. The molecule has 0 amide bonds. The Morgan fingerprint density at radius 2 is 1.60 bits per heavy atom. The summed E-state index contributed by atoms with van der Waals surface area (Å²) >= 11 is 2.33. The third-order valence-corrected chi connectivity index (χ3v) is 2.29. The van der Waals surface area contributed by atoms with Crippen LogP contribution < -0.4 is 0 Å². The van der Waals surface area contributed by atoms with Crippen molar-refractivity contribution in [2.45, 2.75) is 51.9 Å². The van der Waals surface area contributed by atoms with E-state index >= 15 is 0 Å². The second kappa shape index (κ2) is 9.73. The maximum Gasteiger partial charge on any atom is 0.0227 e. The van der Waals surface area contributed by atoms with Gasteiger partial charge in [0.05, 0.1) is 0 Å². The molecule has 0 fully saturated rings. The molecular weight excluding hydrogens is 235 g/mol. The molecule has 0 aliphatic rings. The molecular formula is C9H18I. The van der Waals surface area contributed by atoms with Gasteiger partial charge in [-0.2, -0.15) is 0 Å². The van der Waals surface area contributed by atoms with Crippen molar-refractivity contribution in [3.8, 4) is 0 Å². The number of hydrogen-bond donors (Lipinski definition) is 0. The molecule has 0 aromatic carbocycles. The zero-order valence-corrected chi connectivity index (χ0v) is 9.06. The summed E-state index contributed by atoms with van der Waals surface area (Å²) in [4.78, 5) is 0. The lowest BCUT2D eigenvalue weighted by Crippen LogP contribution is -1.77. The van der Waals surface area contributed by atoms with Gasteiger partial charge in [-0.25, -0.2) is 0 Å². The Balaban J connectivity index is 2.65. The Bertz CT molecular complexity index is 44.7. The highest BCUT2D eigenvalue weighted by molar-refractivity contribution is 14.1. The Morgan fingerprint density at radius 3 is 2.20 bits per heavy atom. The molecule has 0 bridgehead atoms. The van der Waals surface area contributed by atoms with E-state index in [0.717, 1.165) is 0 Å². The van der Waals surface area contributed by atoms with Crippen molar-refractivity contribution in [2.24, 2.45) is 0 Å². The fourth-order valence-electron chi connectivity index (χ4n) is 1.00. The summed E-state index contributed by atoms with van der Waals surface area (Å²) < 4.78 is 2.23. The number of unbranched alkanes of at least 4 members (excludes halogenated alkanes) is 6. The van der Waals surface area contributed by atoms with Crippen LogP contribution in [0.2, 0.25) is 0 Å². The molecule has 0 unspecified atom stereocenters. The average molecular weight is 253 g/mol. The summed E-state index contributed by atoms with van der Waals surface area (Å²) in [6, 6.07) is 0. The van der Waals surface area contributed by atoms with E-state index in [1.54, 1.807) is 0 Å². The molecule has 0 aromatic heterocycles. The fraction of sp³-hybridized carbons (Fsp3) is 0.889. The monoisotopic (exact) mass is 253 g/mol. The minimum atomic E-state index is 1.30. The van der Waals surface area contributed by atoms with Crippen LogP contribution in [0.4, 0.5) is 0 Å². The Labute approximate surface area is 78.9 Å². The van der Waals surface area contributed by atoms with Gasteiger partial charge in [-0.1, -0.05) is 68.0 Å². The lowest BCUT2D eigenvalue weighted by atomic mass is 10.1. The van der Waals surface area contributed by atoms with Crippen LogP contribution in [0.15, 0.2) is 0 Å². The summed E-state index contributed by atoms with van der Waals surface area (Å²) in [5.74, 6) is 0. The zero-order valence-electron chi connectivity index (χ0n) is 6.91. The number of halogens is 1. The molecule has 1 heteroatoms. The van der Waals surface area contributed by atoms with Crippen LogP contribution in [-0.4, -0.2) is 0 Å². The van der Waals surface area contributed by atoms with Crippen LogP contribution in [0.3, 0.4) is 0 Å². The van der Waals surface area contributed by atoms with Gasteiger partial charge in [-0.15, -0.1) is 0 Å². The maximum absolute atomic E-state index is 2.33. The molecule has 0 heterocycles. The lowest BCUT2D eigenvalue weighted by molar-refractivity contribution is 0.610. The van der Waals surface area contributed by atoms with E-state index in [1.807, 2.05) is 0 Å². The Kier molecular flexibility index (Phi) is 10.4. The first kappa shape index (κ1) is 10.7. The molecule has 0 saturated carbocycles. The van der Waals surface area contributed by atoms with Crippen molar-refractivity contribution in [3.63, 3.8) is 0 Å². The quantitative estimate of drug-likeness (QED) is 0.468. The third-order valence-electron chi connectivity index (χ3n) is 1.67. The molecule has 1 radical (unpaired) electrons. The Hall–Kier alpha value is 0.730. The molecule has 0 saturated heterocycles. The van der Waals surface area contributed by atoms with E-state index in [0.29, 0.717) is 0 Å². The molecule has 0 aliphatic carbocycles. The summed E-state index contributed by atoms with van der Waals surface area (Å²) in [5.41, 5.74) is 0. The maximum atomic E-state index is 2.33. The van der Waals surface area contributed by atoms with Gasteiger partial charge in [0.2, 0.25) is 0 Å². The van der Waals surface area contributed by atoms with Crippen molar-refractivity contribution >= 4 is 22.6 Å². The van der Waals surface area contributed by atoms with Crippen LogP contribution in [0.5, 0.6) is 0 Å². The second-order valence-corrected chi connectivity index (χ2v) is 3.59. The summed E-state index contributed by atoms with van der Waals surface area (Å²) in [6.07, 6.45) is 9.79. The van der Waals surface area contributed by atoms with Crippen molar-refractivity contribution < 1.29 is 0 Å². The highest BCUT2D eigenvalue weighted by atomic mass is 127. The van der Waals surface area contributed by atoms with E-state index in [9.17, 15) is 0 Å². The minimum absolute atomic E-state index is 1.30. The van der Waals surface area contributed by atoms with Gasteiger partial charge in [-0.3, -0.25) is 0 Å². The summed E-state index contributed by atoms with van der Waals surface area (Å²) in [7, 11) is 0. The van der Waals surface area contributed by atoms with Crippen LogP contribution in [0.1, 0.15) is 51.9 Å². The Morgan fingerprint density at radius 1 is 1.00 bits per heavy atom. The molecule has 10 heavy (non-hydrogen) atoms. The van der Waals surface area contributed by atoms with Gasteiger partial charge >= 0.3 is 0 Å². The number of hydrogen-bond acceptors (Lipinski definition) is 0. The van der Waals surface area contributed by atoms with Gasteiger partial charge in [-0.05, 0) is 6.42 Å². The van der Waals surface area contributed by atoms with Crippen LogP contribution in [0, 0.1) is 4.43 Å². The zero-order chi connectivity index (χ0) is 7.66. The van der Waals surface area contributed by atoms with E-state index in [-0.39, 0.29) is 0 Å². The van der Waals surface area contributed by atoms with E-state index in [2.05, 4.69) is 33.9 Å². The average Bonchev–Trinajstić information content (AvgIpc) is 1.97. The highest BCUT2D eigenvalue weighted by Gasteiger charge is 1.88. The normalized spacial score (nSPS) is 10.2. The predicted molar refractivity (Wildman–Crippen MR) is 56.3 cm³/mol. The molecule has 0 aliphatic heterocycles. The molecule has 0 spiro atoms. The van der Waals surface area contributed by atoms with Crippen molar-refractivity contribution in [1.82, 2.24) is 0 Å². The molecule has 0 N–H and O–H groups in total. The SMILES string of the molecule is CCCCCCCC[CH]I. The van der Waals surface area contributed by atoms with E-state index in [1.165, 1.54) is 44.9 Å². The first-order valence-electron chi connectivity index (χ1n) is 4.33. The van der Waals surface area contributed by atoms with Gasteiger partial charge in [0.1, 0.15) is 0 Å². The standard InChI is InChI=1S/C9H18I/c1-2-3-4-5-6-7-8-9-10/h9H,2-8H2,1H3. The van der Waals surface area contributed by atoms with Crippen LogP contribution >= 0.6 is 22.6 Å². The van der Waals surface area contributed by atoms with E-state index in [4.69, 9.17) is 0 Å². The molecule has 0 nitrogen and oxygen atoms in total. The smallest absolute Gasteiger partial charge is 0.0227 e. The number of rotatable bonds is 7. The predicted octanol–water partition coefficient (Wildman–Crippen LogP) is 4.33. The topological polar surface area (TPSA) is 0 Å². The first-order valence-corrected chi connectivity index (χ1v) is 5.58. The van der Waals surface area contributed by atoms with E-state index < -0.39 is 0 Å². The second-order valence-electron chi connectivity index (χ2n) is 2.71. The van der Waals surface area contributed by atoms with Crippen molar-refractivity contribution in [3.05, 3.63) is 4.43 Å². The molecule has 0 aromatic rings. The van der Waals surface area contributed by atoms with Gasteiger partial charge in [0.15, 0.2) is 0 Å². The summed E-state index contributed by atoms with van der Waals surface area (Å²) in [6.45, 7) is 2.26. The largest absolute Gasteiger partial charge is 0.0815 e. The lowest BCUT2D eigenvalue weighted by Gasteiger charge is -1.97. The van der Waals surface area contributed by atoms with Crippen molar-refractivity contribution in [1.29, 1.82) is 0 Å². The first-order chi connectivity index (χ1) is 4.91. The third kappa shape index (κ3) is 8.73. The van der Waals surface area contributed by atoms with Crippen LogP contribution in [-0.2, 0) is 0 Å². The van der Waals surface area contributed by atoms with Gasteiger partial charge in [0.25, 0.3) is 0 Å². The fourth-order valence-corrected chi connectivity index (χ4v) is 1.44. The molecule has 0 atom stereocenters. The summed E-state index contributed by atoms with van der Waals surface area (Å²) in [5, 5.41) is 0. The van der Waals surface area contributed by atoms with Gasteiger partial charge in [0, 0.05) is 4.43 Å². The van der Waals surface area contributed by atoms with Gasteiger partial charge < -0.3 is 0 Å².